The summed E-state index contributed by atoms with van der Waals surface area (Å²) in [5, 5.41) is 3.67. The maximum absolute atomic E-state index is 12.7. The minimum absolute atomic E-state index is 0.278. The van der Waals surface area contributed by atoms with Crippen LogP contribution in [0.3, 0.4) is 0 Å². The van der Waals surface area contributed by atoms with Crippen molar-refractivity contribution in [3.63, 3.8) is 0 Å². The molecule has 1 aliphatic heterocycles. The van der Waals surface area contributed by atoms with E-state index in [2.05, 4.69) is 10.3 Å². The summed E-state index contributed by atoms with van der Waals surface area (Å²) >= 11 is 1.36. The number of hydrogen-bond acceptors (Lipinski definition) is 5. The molecule has 3 amide bonds. The highest BCUT2D eigenvalue weighted by atomic mass is 32.1. The lowest BCUT2D eigenvalue weighted by Crippen LogP contribution is -2.24. The van der Waals surface area contributed by atoms with E-state index in [1.165, 1.54) is 24.5 Å². The highest BCUT2D eigenvalue weighted by Gasteiger charge is 2.32. The number of aromatic nitrogens is 1. The molecule has 7 heteroatoms. The Hall–Kier alpha value is -3.32. The first-order valence-electron chi connectivity index (χ1n) is 8.72. The number of amides is 3. The normalized spacial score (nSPS) is 13.0. The van der Waals surface area contributed by atoms with E-state index >= 15 is 0 Å². The van der Waals surface area contributed by atoms with E-state index in [0.29, 0.717) is 33.8 Å². The van der Waals surface area contributed by atoms with Crippen molar-refractivity contribution in [2.24, 2.45) is 0 Å². The van der Waals surface area contributed by atoms with Gasteiger partial charge in [-0.1, -0.05) is 30.3 Å². The summed E-state index contributed by atoms with van der Waals surface area (Å²) in [7, 11) is 1.44. The van der Waals surface area contributed by atoms with Crippen LogP contribution in [0.25, 0.3) is 0 Å². The zero-order valence-corrected chi connectivity index (χ0v) is 16.2. The number of nitrogens with zero attached hydrogens (tertiary/aromatic N) is 2. The molecule has 6 nitrogen and oxygen atoms in total. The van der Waals surface area contributed by atoms with Gasteiger partial charge in [0.05, 0.1) is 21.8 Å². The number of thiazole rings is 1. The number of hydrogen-bond donors (Lipinski definition) is 1. The molecule has 3 aromatic rings. The molecule has 1 aromatic heterocycles. The van der Waals surface area contributed by atoms with Crippen LogP contribution in [-0.4, -0.2) is 34.7 Å². The van der Waals surface area contributed by atoms with Gasteiger partial charge < -0.3 is 5.32 Å². The number of anilines is 1. The Morgan fingerprint density at radius 1 is 1.07 bits per heavy atom. The summed E-state index contributed by atoms with van der Waals surface area (Å²) in [5.41, 5.74) is 2.92. The van der Waals surface area contributed by atoms with Crippen LogP contribution in [0.5, 0.6) is 0 Å². The molecule has 0 bridgehead atoms. The highest BCUT2D eigenvalue weighted by Crippen LogP contribution is 2.26. The van der Waals surface area contributed by atoms with Crippen molar-refractivity contribution in [2.45, 2.75) is 13.3 Å². The lowest BCUT2D eigenvalue weighted by Gasteiger charge is -2.05. The lowest BCUT2D eigenvalue weighted by atomic mass is 10.1. The van der Waals surface area contributed by atoms with Gasteiger partial charge in [-0.15, -0.1) is 11.3 Å². The van der Waals surface area contributed by atoms with E-state index < -0.39 is 0 Å². The largest absolute Gasteiger partial charge is 0.321 e. The Labute approximate surface area is 165 Å². The Bertz CT molecular complexity index is 1110. The van der Waals surface area contributed by atoms with Crippen molar-refractivity contribution >= 4 is 34.7 Å². The minimum Gasteiger partial charge on any atom is -0.321 e. The van der Waals surface area contributed by atoms with Gasteiger partial charge in [0.25, 0.3) is 17.7 Å². The average molecular weight is 391 g/mol. The lowest BCUT2D eigenvalue weighted by molar-refractivity contribution is 0.0692. The zero-order chi connectivity index (χ0) is 19.8. The molecular weight excluding hydrogens is 374 g/mol. The molecule has 0 spiro atoms. The number of nitrogens with one attached hydrogen (secondary N) is 1. The quantitative estimate of drug-likeness (QED) is 0.690. The summed E-state index contributed by atoms with van der Waals surface area (Å²) in [4.78, 5) is 42.9. The molecule has 4 rings (SSSR count). The van der Waals surface area contributed by atoms with E-state index in [4.69, 9.17) is 0 Å². The van der Waals surface area contributed by atoms with Gasteiger partial charge in [-0.3, -0.25) is 19.3 Å². The van der Waals surface area contributed by atoms with Crippen LogP contribution in [0.4, 0.5) is 5.69 Å². The summed E-state index contributed by atoms with van der Waals surface area (Å²) in [6, 6.07) is 14.7. The second kappa shape index (κ2) is 7.01. The van der Waals surface area contributed by atoms with E-state index in [9.17, 15) is 14.4 Å². The van der Waals surface area contributed by atoms with Gasteiger partial charge in [0.2, 0.25) is 0 Å². The Kier molecular flexibility index (Phi) is 4.52. The fourth-order valence-corrected chi connectivity index (χ4v) is 4.13. The smallest absolute Gasteiger partial charge is 0.267 e. The van der Waals surface area contributed by atoms with Crippen molar-refractivity contribution in [3.8, 4) is 0 Å². The minimum atomic E-state index is -0.366. The third-order valence-corrected chi connectivity index (χ3v) is 5.75. The van der Waals surface area contributed by atoms with Crippen LogP contribution in [0, 0.1) is 6.92 Å². The molecule has 0 aliphatic carbocycles. The molecule has 140 valence electrons. The van der Waals surface area contributed by atoms with Crippen molar-refractivity contribution in [2.75, 3.05) is 12.4 Å². The molecular formula is C21H17N3O3S. The summed E-state index contributed by atoms with van der Waals surface area (Å²) in [5.74, 6) is -0.976. The molecule has 0 atom stereocenters. The molecule has 1 aliphatic rings. The monoisotopic (exact) mass is 391 g/mol. The van der Waals surface area contributed by atoms with E-state index in [-0.39, 0.29) is 17.7 Å². The van der Waals surface area contributed by atoms with Crippen LogP contribution in [0.1, 0.15) is 46.7 Å². The molecule has 28 heavy (non-hydrogen) atoms. The first-order valence-corrected chi connectivity index (χ1v) is 9.53. The molecule has 0 saturated heterocycles. The van der Waals surface area contributed by atoms with E-state index in [0.717, 1.165) is 15.5 Å². The fraction of sp³-hybridized carbons (Fsp3) is 0.143. The van der Waals surface area contributed by atoms with E-state index in [1.54, 1.807) is 19.1 Å². The molecule has 0 unspecified atom stereocenters. The average Bonchev–Trinajstić information content (AvgIpc) is 3.16. The van der Waals surface area contributed by atoms with Gasteiger partial charge in [-0.05, 0) is 30.7 Å². The summed E-state index contributed by atoms with van der Waals surface area (Å²) in [6.07, 6.45) is 0.668. The molecule has 0 fully saturated rings. The number of benzene rings is 2. The second-order valence-electron chi connectivity index (χ2n) is 6.57. The predicted octanol–water partition coefficient (Wildman–Crippen LogP) is 3.52. The standard InChI is InChI=1S/C21H17N3O3S/c1-12-18(28-17(22-12)10-13-6-4-3-5-7-13)19(25)23-14-8-9-15-16(11-14)21(27)24(2)20(15)26/h3-9,11H,10H2,1-2H3,(H,23,25). The second-order valence-corrected chi connectivity index (χ2v) is 7.65. The van der Waals surface area contributed by atoms with Crippen LogP contribution in [0.15, 0.2) is 48.5 Å². The summed E-state index contributed by atoms with van der Waals surface area (Å²) < 4.78 is 0. The number of carbonyl (C=O) groups is 3. The maximum atomic E-state index is 12.7. The number of fused-ring (bicyclic) bond motifs is 1. The van der Waals surface area contributed by atoms with Gasteiger partial charge in [0.15, 0.2) is 0 Å². The van der Waals surface area contributed by atoms with Gasteiger partial charge >= 0.3 is 0 Å². The topological polar surface area (TPSA) is 79.4 Å². The first kappa shape index (κ1) is 18.1. The van der Waals surface area contributed by atoms with Gasteiger partial charge in [-0.2, -0.15) is 0 Å². The van der Waals surface area contributed by atoms with Gasteiger partial charge in [0.1, 0.15) is 4.88 Å². The van der Waals surface area contributed by atoms with Crippen LogP contribution < -0.4 is 5.32 Å². The number of carbonyl (C=O) groups excluding carboxylic acids is 3. The van der Waals surface area contributed by atoms with Crippen LogP contribution in [0.2, 0.25) is 0 Å². The predicted molar refractivity (Wildman–Crippen MR) is 107 cm³/mol. The van der Waals surface area contributed by atoms with E-state index in [1.807, 2.05) is 30.3 Å². The number of aryl methyl sites for hydroxylation is 1. The zero-order valence-electron chi connectivity index (χ0n) is 15.4. The first-order chi connectivity index (χ1) is 13.4. The van der Waals surface area contributed by atoms with Crippen molar-refractivity contribution in [3.05, 3.63) is 80.8 Å². The Morgan fingerprint density at radius 2 is 1.79 bits per heavy atom. The van der Waals surface area contributed by atoms with Gasteiger partial charge in [-0.25, -0.2) is 4.98 Å². The van der Waals surface area contributed by atoms with Crippen LogP contribution >= 0.6 is 11.3 Å². The molecule has 1 N–H and O–H groups in total. The highest BCUT2D eigenvalue weighted by molar-refractivity contribution is 7.14. The Balaban J connectivity index is 1.54. The van der Waals surface area contributed by atoms with Gasteiger partial charge in [0, 0.05) is 19.2 Å². The Morgan fingerprint density at radius 3 is 2.54 bits per heavy atom. The third kappa shape index (κ3) is 3.20. The molecule has 2 heterocycles. The van der Waals surface area contributed by atoms with Crippen LogP contribution in [-0.2, 0) is 6.42 Å². The molecule has 0 saturated carbocycles. The maximum Gasteiger partial charge on any atom is 0.267 e. The summed E-state index contributed by atoms with van der Waals surface area (Å²) in [6.45, 7) is 1.81. The fourth-order valence-electron chi connectivity index (χ4n) is 3.14. The molecule has 2 aromatic carbocycles. The number of rotatable bonds is 4. The van der Waals surface area contributed by atoms with Crippen molar-refractivity contribution < 1.29 is 14.4 Å². The SMILES string of the molecule is Cc1nc(Cc2ccccc2)sc1C(=O)Nc1ccc2c(c1)C(=O)N(C)C2=O. The van der Waals surface area contributed by atoms with Crippen molar-refractivity contribution in [1.82, 2.24) is 9.88 Å². The number of imide groups is 1. The third-order valence-electron chi connectivity index (χ3n) is 4.59. The van der Waals surface area contributed by atoms with Crippen molar-refractivity contribution in [1.29, 1.82) is 0 Å². The molecule has 0 radical (unpaired) electrons.